The van der Waals surface area contributed by atoms with Gasteiger partial charge in [-0.3, -0.25) is 9.78 Å². The molecule has 2 aromatic heterocycles. The molecule has 22 heavy (non-hydrogen) atoms. The van der Waals surface area contributed by atoms with Crippen molar-refractivity contribution in [2.75, 3.05) is 11.1 Å². The molecule has 5 heteroatoms. The second-order valence-electron chi connectivity index (χ2n) is 5.17. The summed E-state index contributed by atoms with van der Waals surface area (Å²) < 4.78 is 0. The lowest BCUT2D eigenvalue weighted by Crippen LogP contribution is -2.15. The Labute approximate surface area is 128 Å². The van der Waals surface area contributed by atoms with Crippen molar-refractivity contribution in [2.45, 2.75) is 13.8 Å². The number of pyridine rings is 2. The van der Waals surface area contributed by atoms with Crippen LogP contribution in [0.25, 0.3) is 10.8 Å². The van der Waals surface area contributed by atoms with Gasteiger partial charge in [0.05, 0.1) is 0 Å². The molecule has 0 fully saturated rings. The van der Waals surface area contributed by atoms with Gasteiger partial charge >= 0.3 is 0 Å². The molecular formula is C17H16N4O. The molecule has 0 unspecified atom stereocenters. The number of amides is 1. The van der Waals surface area contributed by atoms with Gasteiger partial charge in [0.15, 0.2) is 0 Å². The van der Waals surface area contributed by atoms with Crippen molar-refractivity contribution in [2.24, 2.45) is 0 Å². The van der Waals surface area contributed by atoms with Gasteiger partial charge in [0, 0.05) is 28.4 Å². The minimum atomic E-state index is -0.299. The predicted molar refractivity (Wildman–Crippen MR) is 87.8 cm³/mol. The van der Waals surface area contributed by atoms with Crippen molar-refractivity contribution in [1.82, 2.24) is 9.97 Å². The quantitative estimate of drug-likeness (QED) is 0.711. The third kappa shape index (κ3) is 2.48. The number of aryl methyl sites for hydroxylation is 2. The maximum Gasteiger partial charge on any atom is 0.276 e. The Hall–Kier alpha value is -2.95. The van der Waals surface area contributed by atoms with Crippen molar-refractivity contribution in [3.63, 3.8) is 0 Å². The maximum atomic E-state index is 12.5. The second kappa shape index (κ2) is 5.44. The predicted octanol–water partition coefficient (Wildman–Crippen LogP) is 3.08. The number of anilines is 2. The summed E-state index contributed by atoms with van der Waals surface area (Å²) in [6.07, 6.45) is 1.59. The summed E-state index contributed by atoms with van der Waals surface area (Å²) in [5, 5.41) is 4.33. The zero-order valence-corrected chi connectivity index (χ0v) is 12.4. The number of hydrogen-bond acceptors (Lipinski definition) is 4. The summed E-state index contributed by atoms with van der Waals surface area (Å²) in [6.45, 7) is 3.81. The van der Waals surface area contributed by atoms with E-state index in [0.717, 1.165) is 22.0 Å². The van der Waals surface area contributed by atoms with E-state index in [1.54, 1.807) is 12.3 Å². The number of rotatable bonds is 2. The van der Waals surface area contributed by atoms with E-state index in [-0.39, 0.29) is 5.91 Å². The van der Waals surface area contributed by atoms with E-state index in [0.29, 0.717) is 17.2 Å². The van der Waals surface area contributed by atoms with Crippen LogP contribution in [0.3, 0.4) is 0 Å². The highest BCUT2D eigenvalue weighted by atomic mass is 16.1. The molecule has 0 aliphatic heterocycles. The molecule has 0 atom stereocenters. The Morgan fingerprint density at radius 2 is 1.91 bits per heavy atom. The molecule has 3 aromatic rings. The van der Waals surface area contributed by atoms with Gasteiger partial charge < -0.3 is 11.1 Å². The van der Waals surface area contributed by atoms with Gasteiger partial charge in [-0.1, -0.05) is 18.2 Å². The molecule has 0 bridgehead atoms. The lowest BCUT2D eigenvalue weighted by atomic mass is 10.0. The van der Waals surface area contributed by atoms with E-state index < -0.39 is 0 Å². The number of nitrogen functional groups attached to an aromatic ring is 1. The zero-order valence-electron chi connectivity index (χ0n) is 12.4. The Kier molecular flexibility index (Phi) is 3.47. The SMILES string of the molecule is Cc1cccc(NC(=O)c2nccc3c(N)c(C)ccc23)n1. The molecule has 3 rings (SSSR count). The van der Waals surface area contributed by atoms with Crippen molar-refractivity contribution >= 4 is 28.2 Å². The van der Waals surface area contributed by atoms with Crippen LogP contribution in [0.4, 0.5) is 11.5 Å². The molecule has 5 nitrogen and oxygen atoms in total. The first-order valence-corrected chi connectivity index (χ1v) is 6.95. The number of nitrogens with zero attached hydrogens (tertiary/aromatic N) is 2. The minimum absolute atomic E-state index is 0.299. The summed E-state index contributed by atoms with van der Waals surface area (Å²) >= 11 is 0. The fourth-order valence-electron chi connectivity index (χ4n) is 2.36. The van der Waals surface area contributed by atoms with Gasteiger partial charge in [-0.25, -0.2) is 4.98 Å². The Morgan fingerprint density at radius 3 is 2.68 bits per heavy atom. The molecule has 0 radical (unpaired) electrons. The van der Waals surface area contributed by atoms with Gasteiger partial charge in [0.2, 0.25) is 0 Å². The third-order valence-corrected chi connectivity index (χ3v) is 3.55. The smallest absolute Gasteiger partial charge is 0.276 e. The number of carbonyl (C=O) groups is 1. The molecule has 1 aromatic carbocycles. The van der Waals surface area contributed by atoms with E-state index in [9.17, 15) is 4.79 Å². The van der Waals surface area contributed by atoms with Crippen LogP contribution >= 0.6 is 0 Å². The number of hydrogen-bond donors (Lipinski definition) is 2. The van der Waals surface area contributed by atoms with Crippen LogP contribution in [0.5, 0.6) is 0 Å². The summed E-state index contributed by atoms with van der Waals surface area (Å²) in [7, 11) is 0. The monoisotopic (exact) mass is 292 g/mol. The Morgan fingerprint density at radius 1 is 1.09 bits per heavy atom. The van der Waals surface area contributed by atoms with Gasteiger partial charge in [-0.2, -0.15) is 0 Å². The van der Waals surface area contributed by atoms with Crippen molar-refractivity contribution in [1.29, 1.82) is 0 Å². The number of nitrogens with two attached hydrogens (primary N) is 1. The summed E-state index contributed by atoms with van der Waals surface area (Å²) in [5.74, 6) is 0.204. The van der Waals surface area contributed by atoms with Crippen LogP contribution in [0.1, 0.15) is 21.7 Å². The summed E-state index contributed by atoms with van der Waals surface area (Å²) in [4.78, 5) is 20.9. The standard InChI is InChI=1S/C17H16N4O/c1-10-6-7-13-12(15(10)18)8-9-19-16(13)17(22)21-14-5-3-4-11(2)20-14/h3-9H,18H2,1-2H3,(H,20,21,22). The highest BCUT2D eigenvalue weighted by Gasteiger charge is 2.14. The van der Waals surface area contributed by atoms with Crippen molar-refractivity contribution < 1.29 is 4.79 Å². The summed E-state index contributed by atoms with van der Waals surface area (Å²) in [5.41, 5.74) is 8.91. The third-order valence-electron chi connectivity index (χ3n) is 3.55. The maximum absolute atomic E-state index is 12.5. The molecule has 0 spiro atoms. The Bertz CT molecular complexity index is 874. The van der Waals surface area contributed by atoms with Gasteiger partial charge in [0.1, 0.15) is 11.5 Å². The van der Waals surface area contributed by atoms with Crippen molar-refractivity contribution in [3.8, 4) is 0 Å². The van der Waals surface area contributed by atoms with E-state index in [2.05, 4.69) is 15.3 Å². The van der Waals surface area contributed by atoms with Gasteiger partial charge in [-0.15, -0.1) is 0 Å². The number of carbonyl (C=O) groups excluding carboxylic acids is 1. The average molecular weight is 292 g/mol. The zero-order chi connectivity index (χ0) is 15.7. The molecule has 0 saturated carbocycles. The van der Waals surface area contributed by atoms with Gasteiger partial charge in [-0.05, 0) is 37.6 Å². The molecule has 0 saturated heterocycles. The molecular weight excluding hydrogens is 276 g/mol. The summed E-state index contributed by atoms with van der Waals surface area (Å²) in [6, 6.07) is 11.0. The highest BCUT2D eigenvalue weighted by Crippen LogP contribution is 2.26. The molecule has 3 N–H and O–H groups in total. The topological polar surface area (TPSA) is 80.9 Å². The number of aromatic nitrogens is 2. The van der Waals surface area contributed by atoms with Crippen LogP contribution in [0.2, 0.25) is 0 Å². The van der Waals surface area contributed by atoms with E-state index in [4.69, 9.17) is 5.73 Å². The number of nitrogens with one attached hydrogen (secondary N) is 1. The fourth-order valence-corrected chi connectivity index (χ4v) is 2.36. The first-order chi connectivity index (χ1) is 10.6. The first-order valence-electron chi connectivity index (χ1n) is 6.95. The Balaban J connectivity index is 2.03. The van der Waals surface area contributed by atoms with Gasteiger partial charge in [0.25, 0.3) is 5.91 Å². The average Bonchev–Trinajstić information content (AvgIpc) is 2.50. The number of fused-ring (bicyclic) bond motifs is 1. The van der Waals surface area contributed by atoms with Crippen LogP contribution in [0.15, 0.2) is 42.6 Å². The highest BCUT2D eigenvalue weighted by molar-refractivity contribution is 6.13. The van der Waals surface area contributed by atoms with E-state index in [1.165, 1.54) is 0 Å². The number of benzene rings is 1. The molecule has 1 amide bonds. The lowest BCUT2D eigenvalue weighted by molar-refractivity contribution is 0.102. The molecule has 0 aliphatic carbocycles. The lowest BCUT2D eigenvalue weighted by Gasteiger charge is -2.10. The molecule has 2 heterocycles. The molecule has 110 valence electrons. The van der Waals surface area contributed by atoms with Crippen LogP contribution in [0, 0.1) is 13.8 Å². The van der Waals surface area contributed by atoms with E-state index >= 15 is 0 Å². The molecule has 0 aliphatic rings. The van der Waals surface area contributed by atoms with E-state index in [1.807, 2.05) is 44.2 Å². The fraction of sp³-hybridized carbons (Fsp3) is 0.118. The minimum Gasteiger partial charge on any atom is -0.398 e. The van der Waals surface area contributed by atoms with Crippen LogP contribution in [-0.2, 0) is 0 Å². The van der Waals surface area contributed by atoms with Crippen LogP contribution < -0.4 is 11.1 Å². The second-order valence-corrected chi connectivity index (χ2v) is 5.17. The first kappa shape index (κ1) is 14.0. The van der Waals surface area contributed by atoms with Crippen LogP contribution in [-0.4, -0.2) is 15.9 Å². The van der Waals surface area contributed by atoms with Crippen molar-refractivity contribution in [3.05, 3.63) is 59.5 Å². The largest absolute Gasteiger partial charge is 0.398 e. The normalized spacial score (nSPS) is 10.6.